The fraction of sp³-hybridized carbons (Fsp3) is 0.467. The summed E-state index contributed by atoms with van der Waals surface area (Å²) in [5, 5.41) is 2.73. The van der Waals surface area contributed by atoms with E-state index in [1.165, 1.54) is 12.1 Å². The second-order valence-corrected chi connectivity index (χ2v) is 7.02. The number of amides is 2. The maximum absolute atomic E-state index is 12.3. The minimum atomic E-state index is -3.82. The summed E-state index contributed by atoms with van der Waals surface area (Å²) < 4.78 is 25.3. The minimum absolute atomic E-state index is 0.0170. The highest BCUT2D eigenvalue weighted by atomic mass is 32.2. The Morgan fingerprint density at radius 3 is 2.64 bits per heavy atom. The van der Waals surface area contributed by atoms with E-state index in [4.69, 9.17) is 0 Å². The summed E-state index contributed by atoms with van der Waals surface area (Å²) in [4.78, 5) is 23.9. The van der Waals surface area contributed by atoms with Crippen LogP contribution in [0.5, 0.6) is 0 Å². The summed E-state index contributed by atoms with van der Waals surface area (Å²) >= 11 is 0. The molecule has 0 spiro atoms. The van der Waals surface area contributed by atoms with Crippen LogP contribution in [0.2, 0.25) is 0 Å². The molecule has 2 rings (SSSR count). The van der Waals surface area contributed by atoms with Crippen molar-refractivity contribution in [2.45, 2.75) is 37.5 Å². The van der Waals surface area contributed by atoms with Gasteiger partial charge in [-0.05, 0) is 18.6 Å². The number of nitrogens with one attached hydrogen (secondary N) is 1. The first kappa shape index (κ1) is 16.5. The van der Waals surface area contributed by atoms with Crippen LogP contribution in [-0.4, -0.2) is 37.6 Å². The first-order valence-corrected chi connectivity index (χ1v) is 8.85. The van der Waals surface area contributed by atoms with Crippen molar-refractivity contribution in [3.8, 4) is 0 Å². The van der Waals surface area contributed by atoms with Crippen molar-refractivity contribution in [2.75, 3.05) is 13.1 Å². The lowest BCUT2D eigenvalue weighted by Gasteiger charge is -2.14. The molecule has 1 heterocycles. The molecule has 1 aromatic carbocycles. The van der Waals surface area contributed by atoms with E-state index < -0.39 is 15.9 Å². The predicted octanol–water partition coefficient (Wildman–Crippen LogP) is 1.53. The summed E-state index contributed by atoms with van der Waals surface area (Å²) in [5.41, 5.74) is 0.172. The first-order chi connectivity index (χ1) is 10.5. The molecule has 120 valence electrons. The molecule has 0 saturated heterocycles. The van der Waals surface area contributed by atoms with E-state index in [1.807, 2.05) is 0 Å². The van der Waals surface area contributed by atoms with Crippen LogP contribution in [0.15, 0.2) is 29.2 Å². The molecule has 0 atom stereocenters. The maximum atomic E-state index is 12.3. The van der Waals surface area contributed by atoms with Gasteiger partial charge >= 0.3 is 0 Å². The number of rotatable bonds is 7. The van der Waals surface area contributed by atoms with Gasteiger partial charge in [-0.25, -0.2) is 12.7 Å². The Bertz CT molecular complexity index is 670. The number of fused-ring (bicyclic) bond motifs is 1. The van der Waals surface area contributed by atoms with Crippen LogP contribution < -0.4 is 5.32 Å². The quantitative estimate of drug-likeness (QED) is 0.771. The predicted molar refractivity (Wildman–Crippen MR) is 81.8 cm³/mol. The molecule has 0 unspecified atom stereocenters. The molecule has 0 saturated carbocycles. The van der Waals surface area contributed by atoms with Crippen molar-refractivity contribution in [1.29, 1.82) is 0 Å². The van der Waals surface area contributed by atoms with Crippen LogP contribution in [0.1, 0.15) is 43.0 Å². The third-order valence-electron chi connectivity index (χ3n) is 3.56. The molecular formula is C15H20N2O4S. The van der Waals surface area contributed by atoms with Crippen molar-refractivity contribution in [3.05, 3.63) is 29.8 Å². The second kappa shape index (κ2) is 6.91. The van der Waals surface area contributed by atoms with Crippen molar-refractivity contribution < 1.29 is 18.0 Å². The number of hydrogen-bond donors (Lipinski definition) is 1. The topological polar surface area (TPSA) is 83.6 Å². The number of benzene rings is 1. The molecule has 1 aliphatic heterocycles. The molecule has 0 bridgehead atoms. The number of carbonyl (C=O) groups is 2. The van der Waals surface area contributed by atoms with Crippen LogP contribution in [-0.2, 0) is 14.8 Å². The Hall–Kier alpha value is -1.89. The van der Waals surface area contributed by atoms with E-state index in [-0.39, 0.29) is 29.3 Å². The van der Waals surface area contributed by atoms with Gasteiger partial charge in [0.2, 0.25) is 5.91 Å². The van der Waals surface area contributed by atoms with Gasteiger partial charge in [-0.3, -0.25) is 9.59 Å². The Morgan fingerprint density at radius 1 is 1.23 bits per heavy atom. The lowest BCUT2D eigenvalue weighted by Crippen LogP contribution is -2.34. The van der Waals surface area contributed by atoms with E-state index in [0.717, 1.165) is 23.6 Å². The van der Waals surface area contributed by atoms with Gasteiger partial charge in [0.05, 0.1) is 5.56 Å². The van der Waals surface area contributed by atoms with Crippen molar-refractivity contribution >= 4 is 21.8 Å². The third-order valence-corrected chi connectivity index (χ3v) is 5.40. The number of hydrogen-bond acceptors (Lipinski definition) is 4. The average Bonchev–Trinajstić information content (AvgIpc) is 2.69. The highest BCUT2D eigenvalue weighted by Gasteiger charge is 2.40. The van der Waals surface area contributed by atoms with E-state index in [0.29, 0.717) is 6.54 Å². The van der Waals surface area contributed by atoms with Gasteiger partial charge < -0.3 is 5.32 Å². The van der Waals surface area contributed by atoms with Gasteiger partial charge in [0.1, 0.15) is 4.90 Å². The van der Waals surface area contributed by atoms with Gasteiger partial charge in [0, 0.05) is 19.5 Å². The van der Waals surface area contributed by atoms with E-state index in [9.17, 15) is 18.0 Å². The summed E-state index contributed by atoms with van der Waals surface area (Å²) in [5.74, 6) is -0.801. The van der Waals surface area contributed by atoms with Crippen LogP contribution in [0, 0.1) is 0 Å². The highest BCUT2D eigenvalue weighted by molar-refractivity contribution is 7.90. The zero-order chi connectivity index (χ0) is 16.2. The summed E-state index contributed by atoms with van der Waals surface area (Å²) in [6.07, 6.45) is 2.98. The van der Waals surface area contributed by atoms with Gasteiger partial charge in [0.25, 0.3) is 15.9 Å². The molecule has 0 aromatic heterocycles. The Labute approximate surface area is 130 Å². The largest absolute Gasteiger partial charge is 0.356 e. The zero-order valence-corrected chi connectivity index (χ0v) is 13.4. The first-order valence-electron chi connectivity index (χ1n) is 7.41. The van der Waals surface area contributed by atoms with Crippen LogP contribution in [0.4, 0.5) is 0 Å². The smallest absolute Gasteiger partial charge is 0.269 e. The minimum Gasteiger partial charge on any atom is -0.356 e. The SMILES string of the molecule is CCCCCNC(=O)CCN1C(=O)c2ccccc2S1(=O)=O. The number of carbonyl (C=O) groups excluding carboxylic acids is 2. The molecule has 2 amide bonds. The fourth-order valence-electron chi connectivity index (χ4n) is 2.35. The molecular weight excluding hydrogens is 304 g/mol. The van der Waals surface area contributed by atoms with Crippen molar-refractivity contribution in [2.24, 2.45) is 0 Å². The molecule has 0 fully saturated rings. The molecule has 0 aliphatic carbocycles. The van der Waals surface area contributed by atoms with Gasteiger partial charge in [-0.2, -0.15) is 0 Å². The molecule has 1 N–H and O–H groups in total. The van der Waals surface area contributed by atoms with Crippen LogP contribution >= 0.6 is 0 Å². The molecule has 22 heavy (non-hydrogen) atoms. The van der Waals surface area contributed by atoms with Crippen LogP contribution in [0.3, 0.4) is 0 Å². The van der Waals surface area contributed by atoms with Crippen molar-refractivity contribution in [3.63, 3.8) is 0 Å². The monoisotopic (exact) mass is 324 g/mol. The normalized spacial score (nSPS) is 15.7. The fourth-order valence-corrected chi connectivity index (χ4v) is 3.92. The molecule has 6 nitrogen and oxygen atoms in total. The van der Waals surface area contributed by atoms with Gasteiger partial charge in [-0.1, -0.05) is 31.9 Å². The summed E-state index contributed by atoms with van der Waals surface area (Å²) in [7, 11) is -3.82. The Balaban J connectivity index is 1.95. The number of nitrogens with zero attached hydrogens (tertiary/aromatic N) is 1. The number of unbranched alkanes of at least 4 members (excludes halogenated alkanes) is 2. The second-order valence-electron chi connectivity index (χ2n) is 5.19. The lowest BCUT2D eigenvalue weighted by atomic mass is 10.2. The standard InChI is InChI=1S/C15H20N2O4S/c1-2-3-6-10-16-14(18)9-11-17-15(19)12-7-4-5-8-13(12)22(17,20)21/h4-5,7-8H,2-3,6,9-11H2,1H3,(H,16,18). The van der Waals surface area contributed by atoms with Crippen molar-refractivity contribution in [1.82, 2.24) is 9.62 Å². The highest BCUT2D eigenvalue weighted by Crippen LogP contribution is 2.29. The number of sulfonamides is 1. The van der Waals surface area contributed by atoms with E-state index in [1.54, 1.807) is 12.1 Å². The molecule has 7 heteroatoms. The van der Waals surface area contributed by atoms with Crippen LogP contribution in [0.25, 0.3) is 0 Å². The Kier molecular flexibility index (Phi) is 5.18. The summed E-state index contributed by atoms with van der Waals surface area (Å²) in [6.45, 7) is 2.52. The van der Waals surface area contributed by atoms with E-state index in [2.05, 4.69) is 12.2 Å². The lowest BCUT2D eigenvalue weighted by molar-refractivity contribution is -0.121. The maximum Gasteiger partial charge on any atom is 0.269 e. The summed E-state index contributed by atoms with van der Waals surface area (Å²) in [6, 6.07) is 6.09. The Morgan fingerprint density at radius 2 is 1.95 bits per heavy atom. The van der Waals surface area contributed by atoms with E-state index >= 15 is 0 Å². The van der Waals surface area contributed by atoms with Gasteiger partial charge in [-0.15, -0.1) is 0 Å². The average molecular weight is 324 g/mol. The molecule has 1 aromatic rings. The molecule has 1 aliphatic rings. The third kappa shape index (κ3) is 3.30. The molecule has 0 radical (unpaired) electrons. The zero-order valence-electron chi connectivity index (χ0n) is 12.5. The van der Waals surface area contributed by atoms with Gasteiger partial charge in [0.15, 0.2) is 0 Å².